The van der Waals surface area contributed by atoms with E-state index in [1.165, 1.54) is 5.56 Å². The lowest BCUT2D eigenvalue weighted by molar-refractivity contribution is -0.105. The van der Waals surface area contributed by atoms with Gasteiger partial charge in [-0.1, -0.05) is 30.3 Å². The summed E-state index contributed by atoms with van der Waals surface area (Å²) >= 11 is 0. The van der Waals surface area contributed by atoms with Gasteiger partial charge in [0, 0.05) is 44.7 Å². The third kappa shape index (κ3) is 5.89. The highest BCUT2D eigenvalue weighted by atomic mass is 16.7. The largest absolute Gasteiger partial charge is 0.465 e. The molecule has 2 aromatic carbocycles. The van der Waals surface area contributed by atoms with Gasteiger partial charge in [0.25, 0.3) is 0 Å². The van der Waals surface area contributed by atoms with E-state index in [1.807, 2.05) is 36.7 Å². The topological polar surface area (TPSA) is 50.7 Å². The van der Waals surface area contributed by atoms with Crippen molar-refractivity contribution in [3.63, 3.8) is 0 Å². The molecule has 0 bridgehead atoms. The van der Waals surface area contributed by atoms with Gasteiger partial charge in [0.2, 0.25) is 0 Å². The molecule has 1 unspecified atom stereocenters. The molecule has 33 heavy (non-hydrogen) atoms. The Hall–Kier alpha value is -2.96. The Morgan fingerprint density at radius 3 is 2.33 bits per heavy atom. The van der Waals surface area contributed by atoms with Gasteiger partial charge >= 0.3 is 0 Å². The molecule has 6 heteroatoms. The summed E-state index contributed by atoms with van der Waals surface area (Å²) in [5, 5.41) is 0. The van der Waals surface area contributed by atoms with E-state index in [2.05, 4.69) is 50.1 Å². The SMILES string of the molecule is c1ccc(CCN2CCN(c3cnc(-c4ccc(OC5CCCCO5)cc4)nc3)CC2)cc1. The molecule has 1 atom stereocenters. The minimum atomic E-state index is -0.126. The number of nitrogens with zero attached hydrogens (tertiary/aromatic N) is 4. The monoisotopic (exact) mass is 444 g/mol. The Balaban J connectivity index is 1.11. The van der Waals surface area contributed by atoms with Crippen molar-refractivity contribution in [3.8, 4) is 17.1 Å². The normalized spacial score (nSPS) is 19.4. The summed E-state index contributed by atoms with van der Waals surface area (Å²) in [5.41, 5.74) is 3.49. The maximum absolute atomic E-state index is 5.92. The number of hydrogen-bond acceptors (Lipinski definition) is 6. The van der Waals surface area contributed by atoms with E-state index in [9.17, 15) is 0 Å². The molecule has 0 saturated carbocycles. The van der Waals surface area contributed by atoms with Gasteiger partial charge in [-0.25, -0.2) is 9.97 Å². The summed E-state index contributed by atoms with van der Waals surface area (Å²) in [7, 11) is 0. The smallest absolute Gasteiger partial charge is 0.199 e. The van der Waals surface area contributed by atoms with E-state index < -0.39 is 0 Å². The molecule has 3 aromatic rings. The van der Waals surface area contributed by atoms with Crippen molar-refractivity contribution in [2.75, 3.05) is 44.2 Å². The Kier molecular flexibility index (Phi) is 7.14. The predicted molar refractivity (Wildman–Crippen MR) is 130 cm³/mol. The molecule has 2 fully saturated rings. The van der Waals surface area contributed by atoms with Crippen molar-refractivity contribution in [2.24, 2.45) is 0 Å². The maximum Gasteiger partial charge on any atom is 0.199 e. The van der Waals surface area contributed by atoms with E-state index in [1.54, 1.807) is 0 Å². The van der Waals surface area contributed by atoms with E-state index in [-0.39, 0.29) is 6.29 Å². The molecule has 0 radical (unpaired) electrons. The minimum absolute atomic E-state index is 0.126. The third-order valence-corrected chi connectivity index (χ3v) is 6.45. The standard InChI is InChI=1S/C27H32N4O2/c1-2-6-22(7-3-1)13-14-30-15-17-31(18-16-30)24-20-28-27(29-21-24)23-9-11-25(12-10-23)33-26-8-4-5-19-32-26/h1-3,6-7,9-12,20-21,26H,4-5,8,13-19H2. The van der Waals surface area contributed by atoms with Crippen LogP contribution in [0, 0.1) is 0 Å². The minimum Gasteiger partial charge on any atom is -0.465 e. The van der Waals surface area contributed by atoms with E-state index in [0.717, 1.165) is 87.8 Å². The number of rotatable bonds is 7. The van der Waals surface area contributed by atoms with Gasteiger partial charge in [-0.15, -0.1) is 0 Å². The quantitative estimate of drug-likeness (QED) is 0.538. The highest BCUT2D eigenvalue weighted by molar-refractivity contribution is 5.57. The fourth-order valence-corrected chi connectivity index (χ4v) is 4.43. The Morgan fingerprint density at radius 1 is 0.879 bits per heavy atom. The van der Waals surface area contributed by atoms with Crippen LogP contribution in [0.1, 0.15) is 24.8 Å². The summed E-state index contributed by atoms with van der Waals surface area (Å²) in [4.78, 5) is 14.2. The van der Waals surface area contributed by atoms with Crippen molar-refractivity contribution >= 4 is 5.69 Å². The Labute approximate surface area is 196 Å². The zero-order valence-electron chi connectivity index (χ0n) is 19.1. The van der Waals surface area contributed by atoms with Gasteiger partial charge in [-0.3, -0.25) is 4.90 Å². The average Bonchev–Trinajstić information content (AvgIpc) is 2.90. The first kappa shape index (κ1) is 21.9. The molecule has 6 nitrogen and oxygen atoms in total. The fourth-order valence-electron chi connectivity index (χ4n) is 4.43. The Bertz CT molecular complexity index is 981. The summed E-state index contributed by atoms with van der Waals surface area (Å²) < 4.78 is 11.6. The second-order valence-corrected chi connectivity index (χ2v) is 8.77. The number of piperazine rings is 1. The fraction of sp³-hybridized carbons (Fsp3) is 0.407. The molecular formula is C27H32N4O2. The molecule has 0 amide bonds. The number of benzene rings is 2. The first-order chi connectivity index (χ1) is 16.3. The molecule has 2 saturated heterocycles. The van der Waals surface area contributed by atoms with Crippen LogP contribution in [-0.2, 0) is 11.2 Å². The zero-order chi connectivity index (χ0) is 22.3. The number of ether oxygens (including phenoxy) is 2. The van der Waals surface area contributed by atoms with Crippen LogP contribution in [0.4, 0.5) is 5.69 Å². The van der Waals surface area contributed by atoms with Crippen LogP contribution in [0.2, 0.25) is 0 Å². The van der Waals surface area contributed by atoms with Crippen LogP contribution in [0.15, 0.2) is 67.0 Å². The maximum atomic E-state index is 5.92. The summed E-state index contributed by atoms with van der Waals surface area (Å²) in [6, 6.07) is 18.7. The summed E-state index contributed by atoms with van der Waals surface area (Å²) in [6.07, 6.45) is 8.11. The molecule has 2 aliphatic heterocycles. The van der Waals surface area contributed by atoms with Gasteiger partial charge in [0.1, 0.15) is 5.75 Å². The third-order valence-electron chi connectivity index (χ3n) is 6.45. The lowest BCUT2D eigenvalue weighted by atomic mass is 10.1. The molecule has 172 valence electrons. The highest BCUT2D eigenvalue weighted by Crippen LogP contribution is 2.24. The Morgan fingerprint density at radius 2 is 1.64 bits per heavy atom. The van der Waals surface area contributed by atoms with Crippen molar-refractivity contribution in [3.05, 3.63) is 72.6 Å². The molecule has 0 spiro atoms. The molecule has 5 rings (SSSR count). The predicted octanol–water partition coefficient (Wildman–Crippen LogP) is 4.41. The van der Waals surface area contributed by atoms with Crippen molar-refractivity contribution in [2.45, 2.75) is 32.0 Å². The average molecular weight is 445 g/mol. The van der Waals surface area contributed by atoms with Crippen molar-refractivity contribution in [1.82, 2.24) is 14.9 Å². The number of aromatic nitrogens is 2. The lowest BCUT2D eigenvalue weighted by Crippen LogP contribution is -2.47. The number of anilines is 1. The molecular weight excluding hydrogens is 412 g/mol. The number of hydrogen-bond donors (Lipinski definition) is 0. The molecule has 1 aromatic heterocycles. The van der Waals surface area contributed by atoms with Gasteiger partial charge in [-0.2, -0.15) is 0 Å². The van der Waals surface area contributed by atoms with Crippen LogP contribution in [0.5, 0.6) is 5.75 Å². The second kappa shape index (κ2) is 10.8. The van der Waals surface area contributed by atoms with Gasteiger partial charge < -0.3 is 14.4 Å². The molecule has 2 aliphatic rings. The van der Waals surface area contributed by atoms with Gasteiger partial charge in [0.05, 0.1) is 24.7 Å². The van der Waals surface area contributed by atoms with E-state index in [0.29, 0.717) is 0 Å². The first-order valence-electron chi connectivity index (χ1n) is 12.1. The summed E-state index contributed by atoms with van der Waals surface area (Å²) in [6.45, 7) is 6.05. The highest BCUT2D eigenvalue weighted by Gasteiger charge is 2.18. The van der Waals surface area contributed by atoms with Gasteiger partial charge in [0.15, 0.2) is 12.1 Å². The molecule has 0 aliphatic carbocycles. The van der Waals surface area contributed by atoms with Crippen LogP contribution < -0.4 is 9.64 Å². The lowest BCUT2D eigenvalue weighted by Gasteiger charge is -2.35. The molecule has 0 N–H and O–H groups in total. The zero-order valence-corrected chi connectivity index (χ0v) is 19.1. The van der Waals surface area contributed by atoms with Crippen molar-refractivity contribution in [1.29, 1.82) is 0 Å². The van der Waals surface area contributed by atoms with Gasteiger partial charge in [-0.05, 0) is 49.1 Å². The second-order valence-electron chi connectivity index (χ2n) is 8.77. The first-order valence-corrected chi connectivity index (χ1v) is 12.1. The van der Waals surface area contributed by atoms with Crippen molar-refractivity contribution < 1.29 is 9.47 Å². The summed E-state index contributed by atoms with van der Waals surface area (Å²) in [5.74, 6) is 1.56. The molecule has 3 heterocycles. The van der Waals surface area contributed by atoms with E-state index >= 15 is 0 Å². The van der Waals surface area contributed by atoms with Crippen LogP contribution in [0.3, 0.4) is 0 Å². The van der Waals surface area contributed by atoms with Crippen LogP contribution >= 0.6 is 0 Å². The van der Waals surface area contributed by atoms with Crippen LogP contribution in [-0.4, -0.2) is 60.5 Å². The van der Waals surface area contributed by atoms with Crippen LogP contribution in [0.25, 0.3) is 11.4 Å². The van der Waals surface area contributed by atoms with E-state index in [4.69, 9.17) is 9.47 Å².